The molecule has 0 fully saturated rings. The van der Waals surface area contributed by atoms with Crippen molar-refractivity contribution in [3.63, 3.8) is 0 Å². The standard InChI is InChI=1S/C24H26/c1-24(2,3)22-16-14-21(15-17-22)23(20-12-8-5-9-13-20)18-19-10-6-4-7-11-19/h4-17,23H,18H2,1-3H3/t23-/m1/s1. The summed E-state index contributed by atoms with van der Waals surface area (Å²) in [4.78, 5) is 0. The predicted octanol–water partition coefficient (Wildman–Crippen LogP) is 6.36. The number of hydrogen-bond donors (Lipinski definition) is 0. The van der Waals surface area contributed by atoms with E-state index >= 15 is 0 Å². The van der Waals surface area contributed by atoms with Gasteiger partial charge in [-0.2, -0.15) is 0 Å². The van der Waals surface area contributed by atoms with Crippen molar-refractivity contribution >= 4 is 0 Å². The van der Waals surface area contributed by atoms with Crippen LogP contribution in [0.1, 0.15) is 48.9 Å². The van der Waals surface area contributed by atoms with Crippen LogP contribution in [0.5, 0.6) is 0 Å². The molecule has 0 nitrogen and oxygen atoms in total. The van der Waals surface area contributed by atoms with Gasteiger partial charge in [-0.1, -0.05) is 106 Å². The molecule has 0 aliphatic rings. The van der Waals surface area contributed by atoms with Crippen molar-refractivity contribution in [2.75, 3.05) is 0 Å². The fraction of sp³-hybridized carbons (Fsp3) is 0.250. The molecule has 0 saturated carbocycles. The summed E-state index contributed by atoms with van der Waals surface area (Å²) >= 11 is 0. The van der Waals surface area contributed by atoms with E-state index in [0.717, 1.165) is 6.42 Å². The molecule has 0 N–H and O–H groups in total. The van der Waals surface area contributed by atoms with Crippen LogP contribution in [0.25, 0.3) is 0 Å². The highest BCUT2D eigenvalue weighted by molar-refractivity contribution is 5.37. The van der Waals surface area contributed by atoms with E-state index in [1.54, 1.807) is 0 Å². The average Bonchev–Trinajstić information content (AvgIpc) is 2.61. The summed E-state index contributed by atoms with van der Waals surface area (Å²) in [5, 5.41) is 0. The lowest BCUT2D eigenvalue weighted by Crippen LogP contribution is -2.11. The molecule has 0 radical (unpaired) electrons. The first-order chi connectivity index (χ1) is 11.5. The Balaban J connectivity index is 1.95. The topological polar surface area (TPSA) is 0 Å². The Bertz CT molecular complexity index is 747. The minimum absolute atomic E-state index is 0.195. The first-order valence-electron chi connectivity index (χ1n) is 8.73. The molecule has 0 amide bonds. The van der Waals surface area contributed by atoms with Gasteiger partial charge in [0.1, 0.15) is 0 Å². The van der Waals surface area contributed by atoms with Crippen molar-refractivity contribution in [2.24, 2.45) is 0 Å². The second-order valence-electron chi connectivity index (χ2n) is 7.53. The lowest BCUT2D eigenvalue weighted by molar-refractivity contribution is 0.589. The summed E-state index contributed by atoms with van der Waals surface area (Å²) in [6.45, 7) is 6.79. The summed E-state index contributed by atoms with van der Waals surface area (Å²) in [6, 6.07) is 30.8. The highest BCUT2D eigenvalue weighted by Crippen LogP contribution is 2.30. The van der Waals surface area contributed by atoms with E-state index in [4.69, 9.17) is 0 Å². The van der Waals surface area contributed by atoms with Crippen molar-refractivity contribution in [3.8, 4) is 0 Å². The lowest BCUT2D eigenvalue weighted by atomic mass is 9.82. The third-order valence-corrected chi connectivity index (χ3v) is 4.66. The Morgan fingerprint density at radius 3 is 1.67 bits per heavy atom. The first-order valence-corrected chi connectivity index (χ1v) is 8.73. The lowest BCUT2D eigenvalue weighted by Gasteiger charge is -2.22. The minimum Gasteiger partial charge on any atom is -0.0622 e. The van der Waals surface area contributed by atoms with Gasteiger partial charge in [0.25, 0.3) is 0 Å². The molecule has 3 rings (SSSR count). The zero-order chi connectivity index (χ0) is 17.0. The number of benzene rings is 3. The maximum atomic E-state index is 2.31. The summed E-state index contributed by atoms with van der Waals surface area (Å²) in [7, 11) is 0. The number of rotatable bonds is 4. The van der Waals surface area contributed by atoms with Crippen LogP contribution in [0.3, 0.4) is 0 Å². The van der Waals surface area contributed by atoms with Crippen LogP contribution >= 0.6 is 0 Å². The van der Waals surface area contributed by atoms with Crippen LogP contribution in [-0.2, 0) is 11.8 Å². The van der Waals surface area contributed by atoms with Crippen LogP contribution in [0, 0.1) is 0 Å². The summed E-state index contributed by atoms with van der Waals surface area (Å²) in [5.41, 5.74) is 5.73. The molecule has 0 aromatic heterocycles. The van der Waals surface area contributed by atoms with Gasteiger partial charge < -0.3 is 0 Å². The molecule has 3 aromatic rings. The van der Waals surface area contributed by atoms with Crippen molar-refractivity contribution in [3.05, 3.63) is 107 Å². The normalized spacial score (nSPS) is 12.8. The predicted molar refractivity (Wildman–Crippen MR) is 104 cm³/mol. The van der Waals surface area contributed by atoms with Gasteiger partial charge in [-0.15, -0.1) is 0 Å². The molecule has 122 valence electrons. The van der Waals surface area contributed by atoms with Crippen LogP contribution in [-0.4, -0.2) is 0 Å². The van der Waals surface area contributed by atoms with Gasteiger partial charge in [-0.05, 0) is 34.1 Å². The second kappa shape index (κ2) is 7.05. The van der Waals surface area contributed by atoms with Crippen LogP contribution in [0.2, 0.25) is 0 Å². The third-order valence-electron chi connectivity index (χ3n) is 4.66. The van der Waals surface area contributed by atoms with E-state index in [-0.39, 0.29) is 5.41 Å². The zero-order valence-electron chi connectivity index (χ0n) is 14.9. The Morgan fingerprint density at radius 1 is 0.625 bits per heavy atom. The Morgan fingerprint density at radius 2 is 1.12 bits per heavy atom. The molecule has 24 heavy (non-hydrogen) atoms. The average molecular weight is 314 g/mol. The quantitative estimate of drug-likeness (QED) is 0.525. The molecular formula is C24H26. The van der Waals surface area contributed by atoms with Crippen LogP contribution in [0.15, 0.2) is 84.9 Å². The van der Waals surface area contributed by atoms with E-state index in [0.29, 0.717) is 5.92 Å². The van der Waals surface area contributed by atoms with Gasteiger partial charge in [-0.25, -0.2) is 0 Å². The Kier molecular flexibility index (Phi) is 4.85. The van der Waals surface area contributed by atoms with E-state index in [1.165, 1.54) is 22.3 Å². The SMILES string of the molecule is CC(C)(C)c1ccc([C@H](Cc2ccccc2)c2ccccc2)cc1. The van der Waals surface area contributed by atoms with E-state index < -0.39 is 0 Å². The molecule has 0 heteroatoms. The minimum atomic E-state index is 0.195. The summed E-state index contributed by atoms with van der Waals surface area (Å²) in [5.74, 6) is 0.391. The summed E-state index contributed by atoms with van der Waals surface area (Å²) in [6.07, 6.45) is 1.03. The number of hydrogen-bond acceptors (Lipinski definition) is 0. The monoisotopic (exact) mass is 314 g/mol. The second-order valence-corrected chi connectivity index (χ2v) is 7.53. The van der Waals surface area contributed by atoms with E-state index in [2.05, 4.69) is 106 Å². The fourth-order valence-corrected chi connectivity index (χ4v) is 3.18. The molecule has 0 heterocycles. The van der Waals surface area contributed by atoms with Gasteiger partial charge >= 0.3 is 0 Å². The molecule has 0 saturated heterocycles. The van der Waals surface area contributed by atoms with Gasteiger partial charge in [-0.3, -0.25) is 0 Å². The van der Waals surface area contributed by atoms with Gasteiger partial charge in [0, 0.05) is 5.92 Å². The molecule has 1 atom stereocenters. The van der Waals surface area contributed by atoms with Gasteiger partial charge in [0.2, 0.25) is 0 Å². The smallest absolute Gasteiger partial charge is 0.0130 e. The van der Waals surface area contributed by atoms with Gasteiger partial charge in [0.05, 0.1) is 0 Å². The van der Waals surface area contributed by atoms with E-state index in [9.17, 15) is 0 Å². The van der Waals surface area contributed by atoms with Gasteiger partial charge in [0.15, 0.2) is 0 Å². The molecule has 0 aliphatic carbocycles. The molecule has 0 spiro atoms. The van der Waals surface area contributed by atoms with Crippen molar-refractivity contribution in [1.29, 1.82) is 0 Å². The molecular weight excluding hydrogens is 288 g/mol. The Labute approximate surface area is 146 Å². The highest BCUT2D eigenvalue weighted by atomic mass is 14.2. The third kappa shape index (κ3) is 3.94. The molecule has 0 bridgehead atoms. The maximum Gasteiger partial charge on any atom is 0.0130 e. The van der Waals surface area contributed by atoms with Crippen molar-refractivity contribution < 1.29 is 0 Å². The van der Waals surface area contributed by atoms with Crippen molar-refractivity contribution in [1.82, 2.24) is 0 Å². The molecule has 3 aromatic carbocycles. The van der Waals surface area contributed by atoms with Crippen LogP contribution in [0.4, 0.5) is 0 Å². The highest BCUT2D eigenvalue weighted by Gasteiger charge is 2.17. The largest absolute Gasteiger partial charge is 0.0622 e. The van der Waals surface area contributed by atoms with Crippen LogP contribution < -0.4 is 0 Å². The Hall–Kier alpha value is -2.34. The van der Waals surface area contributed by atoms with Crippen molar-refractivity contribution in [2.45, 2.75) is 38.5 Å². The van der Waals surface area contributed by atoms with E-state index in [1.807, 2.05) is 0 Å². The fourth-order valence-electron chi connectivity index (χ4n) is 3.18. The summed E-state index contributed by atoms with van der Waals surface area (Å²) < 4.78 is 0. The maximum absolute atomic E-state index is 2.31. The molecule has 0 aliphatic heterocycles. The zero-order valence-corrected chi connectivity index (χ0v) is 14.9. The first kappa shape index (κ1) is 16.5. The molecule has 0 unspecified atom stereocenters.